The van der Waals surface area contributed by atoms with Crippen LogP contribution in [0, 0.1) is 0 Å². The lowest BCUT2D eigenvalue weighted by Crippen LogP contribution is -2.59. The van der Waals surface area contributed by atoms with Crippen molar-refractivity contribution in [2.45, 2.75) is 288 Å². The molecule has 9 nitrogen and oxygen atoms in total. The summed E-state index contributed by atoms with van der Waals surface area (Å²) in [4.78, 5) is 12.9. The number of hydrogen-bond acceptors (Lipinski definition) is 9. The summed E-state index contributed by atoms with van der Waals surface area (Å²) in [6.45, 7) is 4.55. The lowest BCUT2D eigenvalue weighted by Gasteiger charge is -2.39. The predicted molar refractivity (Wildman–Crippen MR) is 270 cm³/mol. The van der Waals surface area contributed by atoms with Crippen molar-refractivity contribution in [2.75, 3.05) is 26.4 Å². The van der Waals surface area contributed by atoms with Crippen molar-refractivity contribution in [3.8, 4) is 0 Å². The fourth-order valence-electron chi connectivity index (χ4n) is 8.50. The molecule has 0 aliphatic carbocycles. The van der Waals surface area contributed by atoms with Crippen molar-refractivity contribution in [3.63, 3.8) is 0 Å². The maximum Gasteiger partial charge on any atom is 0.306 e. The summed E-state index contributed by atoms with van der Waals surface area (Å²) in [5.41, 5.74) is 0. The Labute approximate surface area is 400 Å². The van der Waals surface area contributed by atoms with Gasteiger partial charge in [-0.3, -0.25) is 4.79 Å². The third-order valence-corrected chi connectivity index (χ3v) is 12.8. The Bertz CT molecular complexity index is 1090. The first-order chi connectivity index (χ1) is 31.9. The highest BCUT2D eigenvalue weighted by molar-refractivity contribution is 5.69. The van der Waals surface area contributed by atoms with Crippen LogP contribution in [0.3, 0.4) is 0 Å². The molecule has 0 aromatic rings. The second kappa shape index (κ2) is 47.5. The van der Waals surface area contributed by atoms with Crippen LogP contribution in [0.25, 0.3) is 0 Å². The Morgan fingerprint density at radius 1 is 0.492 bits per heavy atom. The van der Waals surface area contributed by atoms with Gasteiger partial charge in [0.05, 0.1) is 19.8 Å². The summed E-state index contributed by atoms with van der Waals surface area (Å²) in [5, 5.41) is 40.3. The van der Waals surface area contributed by atoms with Gasteiger partial charge in [0, 0.05) is 13.0 Å². The fraction of sp³-hybridized carbons (Fsp3) is 0.875. The number of hydrogen-bond donors (Lipinski definition) is 4. The van der Waals surface area contributed by atoms with E-state index in [-0.39, 0.29) is 19.2 Å². The van der Waals surface area contributed by atoms with Crippen molar-refractivity contribution < 1.29 is 44.2 Å². The van der Waals surface area contributed by atoms with Gasteiger partial charge >= 0.3 is 5.97 Å². The molecule has 1 heterocycles. The number of ether oxygens (including phenoxy) is 4. The molecule has 0 bridgehead atoms. The van der Waals surface area contributed by atoms with Gasteiger partial charge in [-0.2, -0.15) is 0 Å². The Morgan fingerprint density at radius 2 is 0.892 bits per heavy atom. The molecular weight excluding hydrogens is 817 g/mol. The summed E-state index contributed by atoms with van der Waals surface area (Å²) in [5.74, 6) is -0.312. The van der Waals surface area contributed by atoms with Gasteiger partial charge in [0.2, 0.25) is 0 Å². The maximum absolute atomic E-state index is 12.9. The van der Waals surface area contributed by atoms with E-state index in [1.807, 2.05) is 0 Å². The van der Waals surface area contributed by atoms with Crippen molar-refractivity contribution in [2.24, 2.45) is 0 Å². The van der Waals surface area contributed by atoms with Crippen LogP contribution in [0.1, 0.15) is 251 Å². The molecule has 0 aromatic heterocycles. The summed E-state index contributed by atoms with van der Waals surface area (Å²) in [7, 11) is 0. The van der Waals surface area contributed by atoms with Crippen LogP contribution >= 0.6 is 0 Å². The first kappa shape index (κ1) is 61.4. The summed E-state index contributed by atoms with van der Waals surface area (Å²) >= 11 is 0. The van der Waals surface area contributed by atoms with E-state index in [9.17, 15) is 25.2 Å². The van der Waals surface area contributed by atoms with Crippen LogP contribution in [0.15, 0.2) is 36.5 Å². The van der Waals surface area contributed by atoms with Crippen LogP contribution in [0.5, 0.6) is 0 Å². The van der Waals surface area contributed by atoms with Crippen molar-refractivity contribution in [1.82, 2.24) is 0 Å². The Morgan fingerprint density at radius 3 is 1.37 bits per heavy atom. The molecule has 1 fully saturated rings. The van der Waals surface area contributed by atoms with Crippen LogP contribution in [-0.2, 0) is 23.7 Å². The highest BCUT2D eigenvalue weighted by atomic mass is 16.7. The Hall–Kier alpha value is -1.59. The Kier molecular flexibility index (Phi) is 44.9. The molecule has 6 unspecified atom stereocenters. The van der Waals surface area contributed by atoms with E-state index in [1.54, 1.807) is 0 Å². The normalized spacial score (nSPS) is 19.6. The zero-order valence-electron chi connectivity index (χ0n) is 42.2. The average Bonchev–Trinajstić information content (AvgIpc) is 3.31. The van der Waals surface area contributed by atoms with E-state index in [2.05, 4.69) is 50.3 Å². The lowest BCUT2D eigenvalue weighted by atomic mass is 9.99. The summed E-state index contributed by atoms with van der Waals surface area (Å²) in [6, 6.07) is 0. The minimum Gasteiger partial charge on any atom is -0.457 e. The van der Waals surface area contributed by atoms with Gasteiger partial charge in [-0.25, -0.2) is 0 Å². The van der Waals surface area contributed by atoms with Gasteiger partial charge < -0.3 is 39.4 Å². The molecule has 6 atom stereocenters. The first-order valence-electron chi connectivity index (χ1n) is 27.6. The topological polar surface area (TPSA) is 135 Å². The molecule has 1 aliphatic rings. The highest BCUT2D eigenvalue weighted by Gasteiger charge is 2.44. The smallest absolute Gasteiger partial charge is 0.306 e. The molecule has 0 aromatic carbocycles. The SMILES string of the molecule is CCCCC/C=C\C/C=C\C/C=C\CCCCCCCCCOCC(COC1OC(CO)C(O)C(O)C1O)OC(=O)CCCCCCCCCCCCCCCCCCCCCCCC. The summed E-state index contributed by atoms with van der Waals surface area (Å²) in [6.07, 6.45) is 51.8. The van der Waals surface area contributed by atoms with E-state index in [4.69, 9.17) is 18.9 Å². The molecule has 0 saturated carbocycles. The molecule has 382 valence electrons. The molecule has 0 radical (unpaired) electrons. The van der Waals surface area contributed by atoms with Gasteiger partial charge in [0.1, 0.15) is 30.5 Å². The third-order valence-electron chi connectivity index (χ3n) is 12.8. The van der Waals surface area contributed by atoms with E-state index < -0.39 is 43.4 Å². The summed E-state index contributed by atoms with van der Waals surface area (Å²) < 4.78 is 22.9. The average molecular weight is 921 g/mol. The van der Waals surface area contributed by atoms with Gasteiger partial charge in [0.15, 0.2) is 6.29 Å². The van der Waals surface area contributed by atoms with Crippen LogP contribution in [-0.4, -0.2) is 89.6 Å². The van der Waals surface area contributed by atoms with Crippen molar-refractivity contribution in [3.05, 3.63) is 36.5 Å². The van der Waals surface area contributed by atoms with Crippen molar-refractivity contribution in [1.29, 1.82) is 0 Å². The molecule has 1 aliphatic heterocycles. The number of esters is 1. The fourth-order valence-corrected chi connectivity index (χ4v) is 8.50. The second-order valence-electron chi connectivity index (χ2n) is 19.0. The number of aliphatic hydroxyl groups excluding tert-OH is 4. The number of aliphatic hydroxyl groups is 4. The number of carbonyl (C=O) groups is 1. The van der Waals surface area contributed by atoms with Crippen molar-refractivity contribution >= 4 is 5.97 Å². The molecule has 1 rings (SSSR count). The van der Waals surface area contributed by atoms with Crippen LogP contribution in [0.2, 0.25) is 0 Å². The number of rotatable bonds is 48. The van der Waals surface area contributed by atoms with Crippen LogP contribution < -0.4 is 0 Å². The standard InChI is InChI=1S/C56H104O9/c1-3-5-7-9-11-13-15-17-19-21-23-25-26-27-29-31-33-35-37-39-41-43-45-52(58)64-50(49-63-56-55(61)54(60)53(59)51(47-57)65-56)48-62-46-44-42-40-38-36-34-32-30-28-24-22-20-18-16-14-12-10-8-6-4-2/h12,14,18,20,24,28,50-51,53-57,59-61H,3-11,13,15-17,19,21-23,25-27,29-49H2,1-2H3/b14-12-,20-18-,28-24-. The Balaban J connectivity index is 2.17. The monoisotopic (exact) mass is 921 g/mol. The number of allylic oxidation sites excluding steroid dienone is 6. The first-order valence-corrected chi connectivity index (χ1v) is 27.6. The van der Waals surface area contributed by atoms with Gasteiger partial charge in [0.25, 0.3) is 0 Å². The van der Waals surface area contributed by atoms with E-state index in [0.29, 0.717) is 13.0 Å². The van der Waals surface area contributed by atoms with E-state index >= 15 is 0 Å². The molecule has 1 saturated heterocycles. The molecule has 65 heavy (non-hydrogen) atoms. The number of carbonyl (C=O) groups excluding carboxylic acids is 1. The second-order valence-corrected chi connectivity index (χ2v) is 19.0. The highest BCUT2D eigenvalue weighted by Crippen LogP contribution is 2.23. The molecular formula is C56H104O9. The largest absolute Gasteiger partial charge is 0.457 e. The number of unbranched alkanes of at least 4 members (excludes halogenated alkanes) is 31. The quantitative estimate of drug-likeness (QED) is 0.0267. The molecule has 9 heteroatoms. The van der Waals surface area contributed by atoms with E-state index in [0.717, 1.165) is 57.8 Å². The molecule has 4 N–H and O–H groups in total. The lowest BCUT2D eigenvalue weighted by molar-refractivity contribution is -0.305. The zero-order valence-corrected chi connectivity index (χ0v) is 42.2. The van der Waals surface area contributed by atoms with Gasteiger partial charge in [-0.1, -0.05) is 230 Å². The minimum atomic E-state index is -1.54. The minimum absolute atomic E-state index is 0.115. The third kappa shape index (κ3) is 38.0. The van der Waals surface area contributed by atoms with Gasteiger partial charge in [-0.05, 0) is 51.4 Å². The zero-order chi connectivity index (χ0) is 47.1. The maximum atomic E-state index is 12.9. The van der Waals surface area contributed by atoms with E-state index in [1.165, 1.54) is 173 Å². The molecule has 0 amide bonds. The predicted octanol–water partition coefficient (Wildman–Crippen LogP) is 13.9. The van der Waals surface area contributed by atoms with Gasteiger partial charge in [-0.15, -0.1) is 0 Å². The van der Waals surface area contributed by atoms with Crippen LogP contribution in [0.4, 0.5) is 0 Å². The molecule has 0 spiro atoms.